The van der Waals surface area contributed by atoms with Gasteiger partial charge in [0.25, 0.3) is 5.03 Å². The van der Waals surface area contributed by atoms with Crippen LogP contribution in [-0.4, -0.2) is 23.7 Å². The zero-order chi connectivity index (χ0) is 17.1. The maximum Gasteiger partial charge on any atom is 0.321 e. The van der Waals surface area contributed by atoms with Gasteiger partial charge in [0.15, 0.2) is 6.20 Å². The number of amides is 3. The Bertz CT molecular complexity index is 625. The van der Waals surface area contributed by atoms with E-state index in [0.717, 1.165) is 23.6 Å². The van der Waals surface area contributed by atoms with E-state index in [1.165, 1.54) is 31.9 Å². The molecule has 24 heavy (non-hydrogen) atoms. The van der Waals surface area contributed by atoms with Crippen molar-refractivity contribution in [3.05, 3.63) is 29.6 Å². The van der Waals surface area contributed by atoms with Crippen LogP contribution in [0.3, 0.4) is 0 Å². The first-order chi connectivity index (χ1) is 11.5. The summed E-state index contributed by atoms with van der Waals surface area (Å²) in [4.78, 5) is 23.9. The molecule has 1 aromatic heterocycles. The molecule has 3 amide bonds. The number of aromatic nitrogens is 1. The predicted molar refractivity (Wildman–Crippen MR) is 91.2 cm³/mol. The average Bonchev–Trinajstić information content (AvgIpc) is 3.17. The zero-order valence-electron chi connectivity index (χ0n) is 13.7. The highest BCUT2D eigenvalue weighted by atomic mass is 32.2. The first-order valence-electron chi connectivity index (χ1n) is 8.44. The average molecular weight is 349 g/mol. The number of fused-ring (bicyclic) bond motifs is 2. The summed E-state index contributed by atoms with van der Waals surface area (Å²) < 4.78 is 0.704. The molecule has 130 valence electrons. The molecule has 2 bridgehead atoms. The second-order valence-corrected chi connectivity index (χ2v) is 7.80. The lowest BCUT2D eigenvalue weighted by atomic mass is 9.84. The van der Waals surface area contributed by atoms with Crippen molar-refractivity contribution in [1.29, 1.82) is 0 Å². The lowest BCUT2D eigenvalue weighted by Gasteiger charge is -2.28. The van der Waals surface area contributed by atoms with Gasteiger partial charge in [0.2, 0.25) is 5.91 Å². The molecule has 2 fully saturated rings. The van der Waals surface area contributed by atoms with Crippen molar-refractivity contribution >= 4 is 23.7 Å². The van der Waals surface area contributed by atoms with E-state index >= 15 is 0 Å². The van der Waals surface area contributed by atoms with E-state index in [0.29, 0.717) is 15.7 Å². The Kier molecular flexibility index (Phi) is 5.28. The van der Waals surface area contributed by atoms with Crippen LogP contribution in [0.4, 0.5) is 4.79 Å². The molecule has 6 nitrogen and oxygen atoms in total. The van der Waals surface area contributed by atoms with Gasteiger partial charge in [-0.3, -0.25) is 10.1 Å². The van der Waals surface area contributed by atoms with Gasteiger partial charge < -0.3 is 10.5 Å². The van der Waals surface area contributed by atoms with Crippen molar-refractivity contribution in [1.82, 2.24) is 10.6 Å². The highest BCUT2D eigenvalue weighted by molar-refractivity contribution is 7.99. The number of urea groups is 1. The highest BCUT2D eigenvalue weighted by Gasteiger charge is 2.42. The number of nitrogens with one attached hydrogen (secondary N) is 2. The van der Waals surface area contributed by atoms with Crippen LogP contribution >= 0.6 is 11.8 Å². The molecular formula is C17H23N3O3S. The minimum Gasteiger partial charge on any atom is -0.618 e. The second kappa shape index (κ2) is 7.42. The molecule has 2 saturated carbocycles. The fraction of sp³-hybridized carbons (Fsp3) is 0.588. The number of hydrogen-bond donors (Lipinski definition) is 2. The Labute approximate surface area is 146 Å². The molecule has 0 spiro atoms. The van der Waals surface area contributed by atoms with Crippen LogP contribution in [0.15, 0.2) is 29.4 Å². The molecule has 3 rings (SSSR count). The molecule has 7 heteroatoms. The van der Waals surface area contributed by atoms with Gasteiger partial charge in [0.1, 0.15) is 0 Å². The van der Waals surface area contributed by atoms with Gasteiger partial charge in [0.05, 0.1) is 5.75 Å². The minimum atomic E-state index is -0.445. The smallest absolute Gasteiger partial charge is 0.321 e. The second-order valence-electron chi connectivity index (χ2n) is 6.80. The number of carbonyl (C=O) groups is 2. The van der Waals surface area contributed by atoms with E-state index in [1.54, 1.807) is 18.2 Å². The molecule has 0 radical (unpaired) electrons. The summed E-state index contributed by atoms with van der Waals surface area (Å²) in [6.45, 7) is 2.02. The summed E-state index contributed by atoms with van der Waals surface area (Å²) in [5.74, 6) is 1.71. The summed E-state index contributed by atoms with van der Waals surface area (Å²) >= 11 is 1.11. The third kappa shape index (κ3) is 4.01. The summed E-state index contributed by atoms with van der Waals surface area (Å²) in [6.07, 6.45) is 6.46. The Hall–Kier alpha value is -1.76. The van der Waals surface area contributed by atoms with E-state index in [9.17, 15) is 14.8 Å². The van der Waals surface area contributed by atoms with Crippen molar-refractivity contribution < 1.29 is 14.3 Å². The quantitative estimate of drug-likeness (QED) is 0.484. The van der Waals surface area contributed by atoms with Crippen LogP contribution in [0.5, 0.6) is 0 Å². The van der Waals surface area contributed by atoms with E-state index in [-0.39, 0.29) is 11.8 Å². The first-order valence-corrected chi connectivity index (χ1v) is 9.43. The van der Waals surface area contributed by atoms with Crippen molar-refractivity contribution in [2.24, 2.45) is 17.8 Å². The fourth-order valence-corrected chi connectivity index (χ4v) is 4.80. The SMILES string of the molecule is C[C@H](NC(=O)NC(=O)CSc1cccc[n+]1[O-])[C@H]1C[C@@H]2CC[C@@H]1C2. The zero-order valence-corrected chi connectivity index (χ0v) is 14.6. The first kappa shape index (κ1) is 17.1. The van der Waals surface area contributed by atoms with Crippen LogP contribution in [0.2, 0.25) is 0 Å². The van der Waals surface area contributed by atoms with Gasteiger partial charge in [-0.1, -0.05) is 6.42 Å². The fourth-order valence-electron chi connectivity index (χ4n) is 4.08. The van der Waals surface area contributed by atoms with E-state index < -0.39 is 11.9 Å². The molecule has 2 aliphatic rings. The third-order valence-electron chi connectivity index (χ3n) is 5.19. The number of thioether (sulfide) groups is 1. The minimum absolute atomic E-state index is 0.0299. The van der Waals surface area contributed by atoms with Gasteiger partial charge in [-0.15, -0.1) is 0 Å². The number of carbonyl (C=O) groups excluding carboxylic acids is 2. The molecule has 0 saturated heterocycles. The van der Waals surface area contributed by atoms with Gasteiger partial charge in [-0.2, -0.15) is 4.73 Å². The van der Waals surface area contributed by atoms with Gasteiger partial charge in [-0.25, -0.2) is 4.79 Å². The van der Waals surface area contributed by atoms with Crippen LogP contribution in [0.1, 0.15) is 32.6 Å². The number of pyridine rings is 1. The molecule has 0 aromatic carbocycles. The maximum absolute atomic E-state index is 12.0. The van der Waals surface area contributed by atoms with Gasteiger partial charge in [0, 0.05) is 18.2 Å². The molecule has 4 atom stereocenters. The van der Waals surface area contributed by atoms with Crippen molar-refractivity contribution in [3.8, 4) is 0 Å². The van der Waals surface area contributed by atoms with E-state index in [2.05, 4.69) is 10.6 Å². The van der Waals surface area contributed by atoms with Crippen LogP contribution in [-0.2, 0) is 4.79 Å². The van der Waals surface area contributed by atoms with E-state index in [1.807, 2.05) is 6.92 Å². The molecule has 1 aromatic rings. The lowest BCUT2D eigenvalue weighted by Crippen LogP contribution is -2.47. The largest absolute Gasteiger partial charge is 0.618 e. The third-order valence-corrected chi connectivity index (χ3v) is 6.20. The molecule has 2 N–H and O–H groups in total. The molecule has 2 aliphatic carbocycles. The number of hydrogen-bond acceptors (Lipinski definition) is 4. The van der Waals surface area contributed by atoms with Gasteiger partial charge in [-0.05, 0) is 61.8 Å². The summed E-state index contributed by atoms with van der Waals surface area (Å²) in [5, 5.41) is 17.2. The Morgan fingerprint density at radius 2 is 2.21 bits per heavy atom. The molecular weight excluding hydrogens is 326 g/mol. The van der Waals surface area contributed by atoms with Crippen LogP contribution in [0.25, 0.3) is 0 Å². The van der Waals surface area contributed by atoms with Crippen LogP contribution < -0.4 is 15.4 Å². The normalized spacial score (nSPS) is 26.1. The van der Waals surface area contributed by atoms with Crippen molar-refractivity contribution in [3.63, 3.8) is 0 Å². The number of imide groups is 1. The molecule has 0 aliphatic heterocycles. The topological polar surface area (TPSA) is 85.1 Å². The highest BCUT2D eigenvalue weighted by Crippen LogP contribution is 2.49. The standard InChI is InChI=1S/C17H23N3O3S/c1-11(14-9-12-5-6-13(14)8-12)18-17(22)19-15(21)10-24-16-4-2-3-7-20(16)23/h2-4,7,11-14H,5-6,8-10H2,1H3,(H2,18,19,21,22)/t11-,12+,13+,14+/m0/s1. The summed E-state index contributed by atoms with van der Waals surface area (Å²) in [6, 6.07) is 4.64. The van der Waals surface area contributed by atoms with Crippen molar-refractivity contribution in [2.45, 2.75) is 43.7 Å². The molecule has 1 heterocycles. The maximum atomic E-state index is 12.0. The van der Waals surface area contributed by atoms with Crippen LogP contribution in [0, 0.1) is 23.0 Å². The molecule has 0 unspecified atom stereocenters. The van der Waals surface area contributed by atoms with Gasteiger partial charge >= 0.3 is 6.03 Å². The predicted octanol–water partition coefficient (Wildman–Crippen LogP) is 2.06. The number of rotatable bonds is 5. The Morgan fingerprint density at radius 3 is 2.88 bits per heavy atom. The lowest BCUT2D eigenvalue weighted by molar-refractivity contribution is -0.645. The van der Waals surface area contributed by atoms with E-state index in [4.69, 9.17) is 0 Å². The van der Waals surface area contributed by atoms with Crippen molar-refractivity contribution in [2.75, 3.05) is 5.75 Å². The number of nitrogens with zero attached hydrogens (tertiary/aromatic N) is 1. The summed E-state index contributed by atoms with van der Waals surface area (Å²) in [7, 11) is 0. The Balaban J connectivity index is 1.41. The monoisotopic (exact) mass is 349 g/mol. The summed E-state index contributed by atoms with van der Waals surface area (Å²) in [5.41, 5.74) is 0. The Morgan fingerprint density at radius 1 is 1.38 bits per heavy atom.